The van der Waals surface area contributed by atoms with Crippen LogP contribution in [0.15, 0.2) is 22.7 Å². The topological polar surface area (TPSA) is 58.4 Å². The van der Waals surface area contributed by atoms with E-state index in [1.807, 2.05) is 16.7 Å². The number of aromatic nitrogens is 1. The molecule has 5 nitrogen and oxygen atoms in total. The lowest BCUT2D eigenvalue weighted by Crippen LogP contribution is -2.47. The number of hydrogen-bond acceptors (Lipinski definition) is 4. The van der Waals surface area contributed by atoms with E-state index in [-0.39, 0.29) is 17.8 Å². The van der Waals surface area contributed by atoms with Crippen LogP contribution in [-0.4, -0.2) is 46.2 Å². The standard InChI is InChI=1S/C18H22FN3O2S/c1-11-8-14(10-25-11)20-18(23)22-6-4-12(5-7-22)17-15-3-2-13(19)9-16(15)24-21-17/h2-3,9,11-12,14H,4-8,10H2,1H3,(H,20,23). The summed E-state index contributed by atoms with van der Waals surface area (Å²) in [6, 6.07) is 4.88. The van der Waals surface area contributed by atoms with E-state index in [0.717, 1.165) is 36.1 Å². The van der Waals surface area contributed by atoms with Crippen LogP contribution in [-0.2, 0) is 0 Å². The fourth-order valence-corrected chi connectivity index (χ4v) is 4.91. The van der Waals surface area contributed by atoms with Gasteiger partial charge in [-0.2, -0.15) is 11.8 Å². The second kappa shape index (κ2) is 6.86. The van der Waals surface area contributed by atoms with Gasteiger partial charge in [-0.05, 0) is 31.4 Å². The molecule has 2 fully saturated rings. The highest BCUT2D eigenvalue weighted by atomic mass is 32.2. The normalized spacial score (nSPS) is 24.8. The van der Waals surface area contributed by atoms with Gasteiger partial charge >= 0.3 is 6.03 Å². The Bertz CT molecular complexity index is 773. The number of halogens is 1. The summed E-state index contributed by atoms with van der Waals surface area (Å²) < 4.78 is 18.5. The average Bonchev–Trinajstić information content (AvgIpc) is 3.20. The fraction of sp³-hybridized carbons (Fsp3) is 0.556. The molecule has 0 bridgehead atoms. The molecule has 2 amide bonds. The van der Waals surface area contributed by atoms with Crippen molar-refractivity contribution in [3.63, 3.8) is 0 Å². The number of hydrogen-bond donors (Lipinski definition) is 1. The van der Waals surface area contributed by atoms with Crippen LogP contribution in [0.5, 0.6) is 0 Å². The first kappa shape index (κ1) is 16.7. The van der Waals surface area contributed by atoms with E-state index in [4.69, 9.17) is 4.52 Å². The van der Waals surface area contributed by atoms with Crippen molar-refractivity contribution in [3.05, 3.63) is 29.7 Å². The zero-order chi connectivity index (χ0) is 17.4. The van der Waals surface area contributed by atoms with Crippen LogP contribution in [0.2, 0.25) is 0 Å². The molecule has 25 heavy (non-hydrogen) atoms. The maximum Gasteiger partial charge on any atom is 0.317 e. The Hall–Kier alpha value is -1.76. The Balaban J connectivity index is 1.37. The number of urea groups is 1. The van der Waals surface area contributed by atoms with E-state index in [1.54, 1.807) is 6.07 Å². The average molecular weight is 363 g/mol. The molecule has 0 aliphatic carbocycles. The third kappa shape index (κ3) is 3.47. The first-order chi connectivity index (χ1) is 12.1. The predicted octanol–water partition coefficient (Wildman–Crippen LogP) is 3.75. The molecular formula is C18H22FN3O2S. The van der Waals surface area contributed by atoms with E-state index < -0.39 is 0 Å². The van der Waals surface area contributed by atoms with Crippen molar-refractivity contribution < 1.29 is 13.7 Å². The molecule has 1 aromatic carbocycles. The summed E-state index contributed by atoms with van der Waals surface area (Å²) in [7, 11) is 0. The Morgan fingerprint density at radius 2 is 2.20 bits per heavy atom. The van der Waals surface area contributed by atoms with Gasteiger partial charge in [-0.15, -0.1) is 0 Å². The first-order valence-electron chi connectivity index (χ1n) is 8.82. The number of nitrogens with one attached hydrogen (secondary N) is 1. The van der Waals surface area contributed by atoms with Crippen LogP contribution in [0.4, 0.5) is 9.18 Å². The number of likely N-dealkylation sites (tertiary alicyclic amines) is 1. The quantitative estimate of drug-likeness (QED) is 0.883. The minimum absolute atomic E-state index is 0.0465. The van der Waals surface area contributed by atoms with Crippen molar-refractivity contribution in [2.45, 2.75) is 43.4 Å². The summed E-state index contributed by atoms with van der Waals surface area (Å²) in [4.78, 5) is 14.3. The molecule has 134 valence electrons. The Kier molecular flexibility index (Phi) is 4.58. The molecule has 2 aliphatic rings. The number of amides is 2. The first-order valence-corrected chi connectivity index (χ1v) is 9.87. The number of rotatable bonds is 2. The number of piperidine rings is 1. The molecule has 3 heterocycles. The molecule has 2 aliphatic heterocycles. The van der Waals surface area contributed by atoms with E-state index in [2.05, 4.69) is 17.4 Å². The van der Waals surface area contributed by atoms with E-state index >= 15 is 0 Å². The van der Waals surface area contributed by atoms with Crippen molar-refractivity contribution in [1.29, 1.82) is 0 Å². The highest BCUT2D eigenvalue weighted by Gasteiger charge is 2.29. The molecule has 0 radical (unpaired) electrons. The van der Waals surface area contributed by atoms with Crippen molar-refractivity contribution in [2.75, 3.05) is 18.8 Å². The number of carbonyl (C=O) groups excluding carboxylic acids is 1. The van der Waals surface area contributed by atoms with Gasteiger partial charge in [0.15, 0.2) is 5.58 Å². The highest BCUT2D eigenvalue weighted by molar-refractivity contribution is 8.00. The molecule has 0 saturated carbocycles. The molecule has 2 aromatic rings. The number of thioether (sulfide) groups is 1. The van der Waals surface area contributed by atoms with Gasteiger partial charge < -0.3 is 14.7 Å². The molecular weight excluding hydrogens is 341 g/mol. The number of nitrogens with zero attached hydrogens (tertiary/aromatic N) is 2. The third-order valence-electron chi connectivity index (χ3n) is 5.16. The van der Waals surface area contributed by atoms with Crippen LogP contribution >= 0.6 is 11.8 Å². The lowest BCUT2D eigenvalue weighted by atomic mass is 9.92. The van der Waals surface area contributed by atoms with Gasteiger partial charge in [0.25, 0.3) is 0 Å². The van der Waals surface area contributed by atoms with Gasteiger partial charge in [0.05, 0.1) is 5.69 Å². The highest BCUT2D eigenvalue weighted by Crippen LogP contribution is 2.33. The summed E-state index contributed by atoms with van der Waals surface area (Å²) in [5, 5.41) is 8.82. The van der Waals surface area contributed by atoms with Crippen LogP contribution in [0.1, 0.15) is 37.8 Å². The predicted molar refractivity (Wildman–Crippen MR) is 96.4 cm³/mol. The van der Waals surface area contributed by atoms with E-state index in [0.29, 0.717) is 30.0 Å². The lowest BCUT2D eigenvalue weighted by molar-refractivity contribution is 0.177. The SMILES string of the molecule is CC1CC(NC(=O)N2CCC(c3noc4cc(F)ccc34)CC2)CS1. The van der Waals surface area contributed by atoms with E-state index in [9.17, 15) is 9.18 Å². The van der Waals surface area contributed by atoms with E-state index in [1.165, 1.54) is 12.1 Å². The van der Waals surface area contributed by atoms with Gasteiger partial charge in [0.2, 0.25) is 0 Å². The summed E-state index contributed by atoms with van der Waals surface area (Å²) in [6.45, 7) is 3.62. The van der Waals surface area contributed by atoms with Gasteiger partial charge in [0, 0.05) is 47.5 Å². The molecule has 2 saturated heterocycles. The number of fused-ring (bicyclic) bond motifs is 1. The summed E-state index contributed by atoms with van der Waals surface area (Å²) in [5.41, 5.74) is 1.37. The van der Waals surface area contributed by atoms with Crippen LogP contribution in [0.3, 0.4) is 0 Å². The fourth-order valence-electron chi connectivity index (χ4n) is 3.76. The van der Waals surface area contributed by atoms with Gasteiger partial charge in [-0.1, -0.05) is 12.1 Å². The molecule has 7 heteroatoms. The van der Waals surface area contributed by atoms with Crippen molar-refractivity contribution in [1.82, 2.24) is 15.4 Å². The molecule has 2 unspecified atom stereocenters. The molecule has 4 rings (SSSR count). The summed E-state index contributed by atoms with van der Waals surface area (Å²) in [6.07, 6.45) is 2.75. The van der Waals surface area contributed by atoms with Crippen molar-refractivity contribution in [3.8, 4) is 0 Å². The molecule has 0 spiro atoms. The zero-order valence-electron chi connectivity index (χ0n) is 14.2. The Morgan fingerprint density at radius 1 is 1.40 bits per heavy atom. The van der Waals surface area contributed by atoms with Gasteiger partial charge in [0.1, 0.15) is 5.82 Å². The molecule has 1 aromatic heterocycles. The largest absolute Gasteiger partial charge is 0.356 e. The summed E-state index contributed by atoms with van der Waals surface area (Å²) in [5.74, 6) is 0.934. The maximum atomic E-state index is 13.3. The molecule has 1 N–H and O–H groups in total. The van der Waals surface area contributed by atoms with Crippen molar-refractivity contribution >= 4 is 28.8 Å². The monoisotopic (exact) mass is 363 g/mol. The van der Waals surface area contributed by atoms with Gasteiger partial charge in [-0.3, -0.25) is 0 Å². The lowest BCUT2D eigenvalue weighted by Gasteiger charge is -2.32. The minimum Gasteiger partial charge on any atom is -0.356 e. The van der Waals surface area contributed by atoms with Crippen LogP contribution < -0.4 is 5.32 Å². The smallest absolute Gasteiger partial charge is 0.317 e. The number of benzene rings is 1. The second-order valence-corrected chi connectivity index (χ2v) is 8.47. The Labute approximate surface area is 150 Å². The van der Waals surface area contributed by atoms with Crippen LogP contribution in [0.25, 0.3) is 11.0 Å². The second-order valence-electron chi connectivity index (χ2n) is 7.00. The maximum absolute atomic E-state index is 13.3. The number of carbonyl (C=O) groups is 1. The molecule has 2 atom stereocenters. The van der Waals surface area contributed by atoms with Gasteiger partial charge in [-0.25, -0.2) is 9.18 Å². The Morgan fingerprint density at radius 3 is 2.92 bits per heavy atom. The van der Waals surface area contributed by atoms with Crippen LogP contribution in [0, 0.1) is 5.82 Å². The van der Waals surface area contributed by atoms with Crippen molar-refractivity contribution in [2.24, 2.45) is 0 Å². The zero-order valence-corrected chi connectivity index (χ0v) is 15.0. The third-order valence-corrected chi connectivity index (χ3v) is 6.51. The minimum atomic E-state index is -0.318. The summed E-state index contributed by atoms with van der Waals surface area (Å²) >= 11 is 1.92.